The van der Waals surface area contributed by atoms with Crippen LogP contribution in [0.3, 0.4) is 0 Å². The Morgan fingerprint density at radius 3 is 2.63 bits per heavy atom. The topological polar surface area (TPSA) is 104 Å². The van der Waals surface area contributed by atoms with E-state index in [1.165, 1.54) is 0 Å². The number of amides is 1. The lowest BCUT2D eigenvalue weighted by Crippen LogP contribution is -2.47. The fraction of sp³-hybridized carbons (Fsp3) is 0.150. The number of hydrogen-bond acceptors (Lipinski definition) is 6. The summed E-state index contributed by atoms with van der Waals surface area (Å²) in [5, 5.41) is 11.8. The highest BCUT2D eigenvalue weighted by Crippen LogP contribution is 2.38. The molecule has 1 heterocycles. The van der Waals surface area contributed by atoms with E-state index in [2.05, 4.69) is 10.3 Å². The summed E-state index contributed by atoms with van der Waals surface area (Å²) in [7, 11) is 1.58. The van der Waals surface area contributed by atoms with Crippen LogP contribution < -0.4 is 20.7 Å². The monoisotopic (exact) mass is 361 g/mol. The van der Waals surface area contributed by atoms with E-state index in [-0.39, 0.29) is 0 Å². The van der Waals surface area contributed by atoms with Crippen LogP contribution in [-0.2, 0) is 4.79 Å². The Kier molecular flexibility index (Phi) is 5.08. The summed E-state index contributed by atoms with van der Waals surface area (Å²) in [6.45, 7) is 1.70. The van der Waals surface area contributed by atoms with Crippen molar-refractivity contribution in [3.63, 3.8) is 0 Å². The Morgan fingerprint density at radius 2 is 2.00 bits per heavy atom. The molecule has 136 valence electrons. The van der Waals surface area contributed by atoms with Gasteiger partial charge in [-0.1, -0.05) is 30.3 Å². The zero-order valence-electron chi connectivity index (χ0n) is 15.0. The number of carbonyl (C=O) groups excluding carboxylic acids is 1. The van der Waals surface area contributed by atoms with Gasteiger partial charge < -0.3 is 10.5 Å². The van der Waals surface area contributed by atoms with E-state index in [4.69, 9.17) is 10.5 Å². The molecule has 3 N–H and O–H groups in total. The molecule has 27 heavy (non-hydrogen) atoms. The van der Waals surface area contributed by atoms with Crippen molar-refractivity contribution in [2.24, 2.45) is 10.7 Å². The maximum Gasteiger partial charge on any atom is 0.248 e. The second-order valence-corrected chi connectivity index (χ2v) is 5.92. The van der Waals surface area contributed by atoms with Crippen molar-refractivity contribution >= 4 is 17.6 Å². The van der Waals surface area contributed by atoms with E-state index in [1.807, 2.05) is 60.8 Å². The second kappa shape index (κ2) is 7.62. The Balaban J connectivity index is 2.26. The molecule has 0 spiro atoms. The van der Waals surface area contributed by atoms with Gasteiger partial charge in [-0.05, 0) is 36.8 Å². The molecule has 1 amide bonds. The first kappa shape index (κ1) is 18.0. The zero-order valence-corrected chi connectivity index (χ0v) is 15.0. The number of nitrogens with two attached hydrogens (primary N) is 1. The summed E-state index contributed by atoms with van der Waals surface area (Å²) in [6.07, 6.45) is 1.91. The average molecular weight is 361 g/mol. The molecule has 7 heteroatoms. The first-order valence-corrected chi connectivity index (χ1v) is 8.29. The van der Waals surface area contributed by atoms with Gasteiger partial charge in [0.15, 0.2) is 6.19 Å². The van der Waals surface area contributed by atoms with E-state index >= 15 is 0 Å². The van der Waals surface area contributed by atoms with Crippen molar-refractivity contribution in [2.75, 3.05) is 12.0 Å². The first-order valence-electron chi connectivity index (χ1n) is 8.29. The molecule has 0 saturated heterocycles. The largest absolute Gasteiger partial charge is 0.497 e. The SMILES string of the molecule is COc1cccc(C2C(C(N)=O)=C(C)N=C(NC#N)N2c2ccccc2)c1. The number of carbonyl (C=O) groups is 1. The van der Waals surface area contributed by atoms with Gasteiger partial charge in [0.05, 0.1) is 24.4 Å². The third kappa shape index (κ3) is 3.46. The Bertz CT molecular complexity index is 960. The fourth-order valence-corrected chi connectivity index (χ4v) is 3.16. The van der Waals surface area contributed by atoms with Crippen LogP contribution >= 0.6 is 0 Å². The Labute approximate surface area is 157 Å². The van der Waals surface area contributed by atoms with Crippen molar-refractivity contribution in [1.29, 1.82) is 5.26 Å². The molecule has 0 aliphatic carbocycles. The van der Waals surface area contributed by atoms with Gasteiger partial charge >= 0.3 is 0 Å². The van der Waals surface area contributed by atoms with Crippen LogP contribution in [-0.4, -0.2) is 19.0 Å². The summed E-state index contributed by atoms with van der Waals surface area (Å²) in [5.74, 6) is 0.402. The Morgan fingerprint density at radius 1 is 1.26 bits per heavy atom. The molecule has 0 bridgehead atoms. The molecule has 0 aromatic heterocycles. The summed E-state index contributed by atoms with van der Waals surface area (Å²) in [4.78, 5) is 18.5. The summed E-state index contributed by atoms with van der Waals surface area (Å²) >= 11 is 0. The van der Waals surface area contributed by atoms with Crippen LogP contribution in [0.25, 0.3) is 0 Å². The molecular weight excluding hydrogens is 342 g/mol. The van der Waals surface area contributed by atoms with Gasteiger partial charge in [0, 0.05) is 5.69 Å². The number of aliphatic imine (C=N–C) groups is 1. The van der Waals surface area contributed by atoms with Gasteiger partial charge in [0.1, 0.15) is 5.75 Å². The highest BCUT2D eigenvalue weighted by molar-refractivity contribution is 6.05. The second-order valence-electron chi connectivity index (χ2n) is 5.92. The van der Waals surface area contributed by atoms with Gasteiger partial charge in [-0.2, -0.15) is 5.26 Å². The number of nitrogens with zero attached hydrogens (tertiary/aromatic N) is 3. The Hall–Kier alpha value is -3.79. The number of primary amides is 1. The van der Waals surface area contributed by atoms with Crippen LogP contribution in [0.4, 0.5) is 5.69 Å². The van der Waals surface area contributed by atoms with E-state index in [1.54, 1.807) is 18.9 Å². The van der Waals surface area contributed by atoms with E-state index in [0.29, 0.717) is 23.0 Å². The first-order chi connectivity index (χ1) is 13.1. The number of para-hydroxylation sites is 1. The van der Waals surface area contributed by atoms with Crippen molar-refractivity contribution in [3.8, 4) is 11.9 Å². The molecule has 7 nitrogen and oxygen atoms in total. The number of methoxy groups -OCH3 is 1. The highest BCUT2D eigenvalue weighted by atomic mass is 16.5. The predicted molar refractivity (Wildman–Crippen MR) is 103 cm³/mol. The minimum absolute atomic E-state index is 0.319. The summed E-state index contributed by atoms with van der Waals surface area (Å²) in [5.41, 5.74) is 8.07. The molecule has 1 aliphatic rings. The van der Waals surface area contributed by atoms with Crippen molar-refractivity contribution in [3.05, 3.63) is 71.4 Å². The van der Waals surface area contributed by atoms with Gasteiger partial charge in [0.2, 0.25) is 11.9 Å². The van der Waals surface area contributed by atoms with E-state index in [9.17, 15) is 10.1 Å². The number of benzene rings is 2. The number of nitriles is 1. The van der Waals surface area contributed by atoms with Gasteiger partial charge in [0.25, 0.3) is 0 Å². The molecule has 2 aromatic rings. The van der Waals surface area contributed by atoms with E-state index < -0.39 is 11.9 Å². The maximum atomic E-state index is 12.3. The fourth-order valence-electron chi connectivity index (χ4n) is 3.16. The van der Waals surface area contributed by atoms with Crippen LogP contribution in [0.1, 0.15) is 18.5 Å². The molecule has 0 saturated carbocycles. The minimum atomic E-state index is -0.569. The summed E-state index contributed by atoms with van der Waals surface area (Å²) < 4.78 is 5.33. The van der Waals surface area contributed by atoms with Crippen molar-refractivity contribution in [2.45, 2.75) is 13.0 Å². The third-order valence-corrected chi connectivity index (χ3v) is 4.30. The highest BCUT2D eigenvalue weighted by Gasteiger charge is 2.36. The van der Waals surface area contributed by atoms with Crippen LogP contribution in [0.5, 0.6) is 5.75 Å². The van der Waals surface area contributed by atoms with Gasteiger partial charge in [-0.25, -0.2) is 4.99 Å². The minimum Gasteiger partial charge on any atom is -0.497 e. The lowest BCUT2D eigenvalue weighted by Gasteiger charge is -2.37. The van der Waals surface area contributed by atoms with Crippen molar-refractivity contribution < 1.29 is 9.53 Å². The van der Waals surface area contributed by atoms with Gasteiger partial charge in [-0.3, -0.25) is 15.0 Å². The van der Waals surface area contributed by atoms with Crippen LogP contribution in [0.2, 0.25) is 0 Å². The number of nitrogens with one attached hydrogen (secondary N) is 1. The summed E-state index contributed by atoms with van der Waals surface area (Å²) in [6, 6.07) is 16.2. The van der Waals surface area contributed by atoms with Crippen molar-refractivity contribution in [1.82, 2.24) is 5.32 Å². The maximum absolute atomic E-state index is 12.3. The predicted octanol–water partition coefficient (Wildman–Crippen LogP) is 2.44. The standard InChI is InChI=1S/C20H19N5O2/c1-13-17(19(22)26)18(14-7-6-10-16(11-14)27-2)25(20(24-13)23-12-21)15-8-4-3-5-9-15/h3-11,18H,1-2H3,(H2,22,26)(H,23,24). The molecule has 2 aromatic carbocycles. The van der Waals surface area contributed by atoms with Gasteiger partial charge in [-0.15, -0.1) is 0 Å². The number of allylic oxidation sites excluding steroid dienone is 1. The zero-order chi connectivity index (χ0) is 19.4. The van der Waals surface area contributed by atoms with Crippen LogP contribution in [0, 0.1) is 11.5 Å². The van der Waals surface area contributed by atoms with E-state index in [0.717, 1.165) is 11.3 Å². The quantitative estimate of drug-likeness (QED) is 0.643. The molecule has 0 fully saturated rings. The smallest absolute Gasteiger partial charge is 0.248 e. The number of rotatable bonds is 4. The lowest BCUT2D eigenvalue weighted by atomic mass is 9.93. The molecule has 1 atom stereocenters. The molecule has 0 radical (unpaired) electrons. The number of anilines is 1. The lowest BCUT2D eigenvalue weighted by molar-refractivity contribution is -0.114. The molecular formula is C20H19N5O2. The van der Waals surface area contributed by atoms with Crippen LogP contribution in [0.15, 0.2) is 70.9 Å². The number of ether oxygens (including phenoxy) is 1. The third-order valence-electron chi connectivity index (χ3n) is 4.30. The number of guanidine groups is 1. The molecule has 1 unspecified atom stereocenters. The average Bonchev–Trinajstić information content (AvgIpc) is 2.68. The normalized spacial score (nSPS) is 16.4. The molecule has 3 rings (SSSR count). The molecule has 1 aliphatic heterocycles. The number of hydrogen-bond donors (Lipinski definition) is 2.